The number of anilines is 2. The summed E-state index contributed by atoms with van der Waals surface area (Å²) in [5.41, 5.74) is 3.43. The first-order valence-electron chi connectivity index (χ1n) is 11.1. The van der Waals surface area contributed by atoms with Gasteiger partial charge in [0.05, 0.1) is 17.4 Å². The smallest absolute Gasteiger partial charge is 0.266 e. The van der Waals surface area contributed by atoms with Crippen LogP contribution in [0.1, 0.15) is 17.2 Å². The van der Waals surface area contributed by atoms with Crippen LogP contribution in [0.3, 0.4) is 0 Å². The third-order valence-corrected chi connectivity index (χ3v) is 6.62. The van der Waals surface area contributed by atoms with E-state index in [-0.39, 0.29) is 11.8 Å². The van der Waals surface area contributed by atoms with Crippen LogP contribution in [0.15, 0.2) is 97.1 Å². The van der Waals surface area contributed by atoms with Crippen molar-refractivity contribution in [2.45, 2.75) is 19.1 Å². The molecule has 33 heavy (non-hydrogen) atoms. The van der Waals surface area contributed by atoms with Crippen molar-refractivity contribution in [3.63, 3.8) is 0 Å². The molecule has 162 valence electrons. The molecule has 0 unspecified atom stereocenters. The third kappa shape index (κ3) is 3.04. The number of nitrogens with zero attached hydrogens (tertiary/aromatic N) is 2. The van der Waals surface area contributed by atoms with Crippen molar-refractivity contribution in [1.29, 1.82) is 0 Å². The van der Waals surface area contributed by atoms with E-state index >= 15 is 0 Å². The number of carbonyl (C=O) groups is 2. The second-order valence-electron chi connectivity index (χ2n) is 8.56. The molecular weight excluding hydrogens is 412 g/mol. The number of hydroxylamine groups is 1. The molecule has 0 radical (unpaired) electrons. The highest BCUT2D eigenvalue weighted by molar-refractivity contribution is 6.24. The van der Waals surface area contributed by atoms with Crippen molar-refractivity contribution in [3.05, 3.63) is 108 Å². The fourth-order valence-corrected chi connectivity index (χ4v) is 5.02. The molecule has 2 saturated heterocycles. The predicted octanol–water partition coefficient (Wildman–Crippen LogP) is 5.20. The topological polar surface area (TPSA) is 49.9 Å². The van der Waals surface area contributed by atoms with Crippen molar-refractivity contribution in [2.75, 3.05) is 9.96 Å². The Labute approximate surface area is 191 Å². The maximum Gasteiger partial charge on any atom is 0.266 e. The fraction of sp³-hybridized carbons (Fsp3) is 0.143. The van der Waals surface area contributed by atoms with Crippen LogP contribution in [0.25, 0.3) is 10.8 Å². The molecule has 2 amide bonds. The highest BCUT2D eigenvalue weighted by atomic mass is 16.7. The molecule has 6 rings (SSSR count). The van der Waals surface area contributed by atoms with Crippen LogP contribution < -0.4 is 9.96 Å². The molecule has 0 saturated carbocycles. The molecule has 0 N–H and O–H groups in total. The highest BCUT2D eigenvalue weighted by Crippen LogP contribution is 2.48. The molecule has 5 heteroatoms. The summed E-state index contributed by atoms with van der Waals surface area (Å²) in [4.78, 5) is 34.9. The van der Waals surface area contributed by atoms with Crippen LogP contribution in [0.4, 0.5) is 11.4 Å². The Hall–Kier alpha value is -3.96. The first kappa shape index (κ1) is 19.7. The molecule has 2 aliphatic rings. The largest absolute Gasteiger partial charge is 0.273 e. The second kappa shape index (κ2) is 7.57. The molecule has 4 aromatic carbocycles. The maximum atomic E-state index is 13.8. The molecular formula is C28H22N2O3. The van der Waals surface area contributed by atoms with E-state index in [1.807, 2.05) is 104 Å². The number of fused-ring (bicyclic) bond motifs is 2. The second-order valence-corrected chi connectivity index (χ2v) is 8.56. The molecule has 0 aliphatic carbocycles. The SMILES string of the molecule is Cc1ccccc1[C@H]1[C@@H]2C(=O)N(c3ccc4ccccc4c3)C(=O)[C@@H]2ON1c1ccccc1. The first-order valence-corrected chi connectivity index (χ1v) is 11.1. The minimum Gasteiger partial charge on any atom is -0.273 e. The van der Waals surface area contributed by atoms with Crippen LogP contribution in [0, 0.1) is 12.8 Å². The van der Waals surface area contributed by atoms with Crippen LogP contribution in [0.2, 0.25) is 0 Å². The molecule has 5 nitrogen and oxygen atoms in total. The van der Waals surface area contributed by atoms with Gasteiger partial charge in [-0.05, 0) is 53.1 Å². The summed E-state index contributed by atoms with van der Waals surface area (Å²) in [6, 6.07) is 30.8. The van der Waals surface area contributed by atoms with E-state index in [1.54, 1.807) is 5.06 Å². The van der Waals surface area contributed by atoms with E-state index in [0.717, 1.165) is 27.6 Å². The van der Waals surface area contributed by atoms with E-state index in [2.05, 4.69) is 0 Å². The number of amides is 2. The van der Waals surface area contributed by atoms with Crippen LogP contribution in [-0.4, -0.2) is 17.9 Å². The lowest BCUT2D eigenvalue weighted by atomic mass is 9.88. The quantitative estimate of drug-likeness (QED) is 0.416. The molecule has 2 aliphatic heterocycles. The van der Waals surface area contributed by atoms with Crippen molar-refractivity contribution in [2.24, 2.45) is 5.92 Å². The van der Waals surface area contributed by atoms with Gasteiger partial charge in [0.1, 0.15) is 5.92 Å². The highest BCUT2D eigenvalue weighted by Gasteiger charge is 2.60. The third-order valence-electron chi connectivity index (χ3n) is 6.62. The molecule has 2 heterocycles. The van der Waals surface area contributed by atoms with Crippen LogP contribution in [-0.2, 0) is 14.4 Å². The number of benzene rings is 4. The summed E-state index contributed by atoms with van der Waals surface area (Å²) in [7, 11) is 0. The van der Waals surface area contributed by atoms with Gasteiger partial charge in [0.2, 0.25) is 5.91 Å². The number of imide groups is 1. The molecule has 3 atom stereocenters. The number of hydrogen-bond donors (Lipinski definition) is 0. The maximum absolute atomic E-state index is 13.8. The van der Waals surface area contributed by atoms with E-state index < -0.39 is 18.1 Å². The molecule has 4 aromatic rings. The summed E-state index contributed by atoms with van der Waals surface area (Å²) in [6.45, 7) is 2.02. The van der Waals surface area contributed by atoms with Crippen molar-refractivity contribution in [3.8, 4) is 0 Å². The molecule has 2 fully saturated rings. The van der Waals surface area contributed by atoms with Gasteiger partial charge in [-0.15, -0.1) is 0 Å². The lowest BCUT2D eigenvalue weighted by Crippen LogP contribution is -2.37. The van der Waals surface area contributed by atoms with Gasteiger partial charge in [0.25, 0.3) is 5.91 Å². The van der Waals surface area contributed by atoms with Gasteiger partial charge in [0, 0.05) is 0 Å². The Balaban J connectivity index is 1.45. The Morgan fingerprint density at radius 1 is 0.697 bits per heavy atom. The number of carbonyl (C=O) groups excluding carboxylic acids is 2. The van der Waals surface area contributed by atoms with Gasteiger partial charge < -0.3 is 0 Å². The number of para-hydroxylation sites is 1. The zero-order valence-corrected chi connectivity index (χ0v) is 18.1. The van der Waals surface area contributed by atoms with E-state index in [0.29, 0.717) is 5.69 Å². The van der Waals surface area contributed by atoms with Crippen LogP contribution in [0.5, 0.6) is 0 Å². The van der Waals surface area contributed by atoms with E-state index in [4.69, 9.17) is 4.84 Å². The zero-order chi connectivity index (χ0) is 22.5. The summed E-state index contributed by atoms with van der Waals surface area (Å²) in [6.07, 6.45) is -0.867. The number of rotatable bonds is 3. The standard InChI is InChI=1S/C28H22N2O3/c1-18-9-5-8-14-23(18)25-24-26(33-30(25)21-12-3-2-4-13-21)28(32)29(27(24)31)22-16-15-19-10-6-7-11-20(19)17-22/h2-17,24-26H,1H3/t24-,25-,26+/m0/s1. The average molecular weight is 434 g/mol. The zero-order valence-electron chi connectivity index (χ0n) is 18.1. The predicted molar refractivity (Wildman–Crippen MR) is 128 cm³/mol. The van der Waals surface area contributed by atoms with Gasteiger partial charge in [0.15, 0.2) is 6.10 Å². The van der Waals surface area contributed by atoms with Crippen molar-refractivity contribution >= 4 is 34.0 Å². The van der Waals surface area contributed by atoms with Gasteiger partial charge in [-0.1, -0.05) is 72.8 Å². The van der Waals surface area contributed by atoms with Gasteiger partial charge >= 0.3 is 0 Å². The minimum absolute atomic E-state index is 0.230. The summed E-state index contributed by atoms with van der Waals surface area (Å²) >= 11 is 0. The average Bonchev–Trinajstić information content (AvgIpc) is 3.35. The molecule has 0 bridgehead atoms. The first-order chi connectivity index (χ1) is 16.1. The van der Waals surface area contributed by atoms with Crippen molar-refractivity contribution in [1.82, 2.24) is 0 Å². The number of hydrogen-bond acceptors (Lipinski definition) is 4. The van der Waals surface area contributed by atoms with Crippen LogP contribution >= 0.6 is 0 Å². The Morgan fingerprint density at radius 2 is 1.39 bits per heavy atom. The molecule has 0 aromatic heterocycles. The lowest BCUT2D eigenvalue weighted by Gasteiger charge is -2.29. The Kier molecular flexibility index (Phi) is 4.52. The minimum atomic E-state index is -0.867. The fourth-order valence-electron chi connectivity index (χ4n) is 5.02. The monoisotopic (exact) mass is 434 g/mol. The van der Waals surface area contributed by atoms with Gasteiger partial charge in [-0.25, -0.2) is 9.96 Å². The molecule has 0 spiro atoms. The summed E-state index contributed by atoms with van der Waals surface area (Å²) < 4.78 is 0. The van der Waals surface area contributed by atoms with Gasteiger partial charge in [-0.2, -0.15) is 0 Å². The Bertz CT molecular complexity index is 1380. The number of aryl methyl sites for hydroxylation is 1. The van der Waals surface area contributed by atoms with E-state index in [1.165, 1.54) is 4.90 Å². The summed E-state index contributed by atoms with van der Waals surface area (Å²) in [5, 5.41) is 3.78. The Morgan fingerprint density at radius 3 is 2.18 bits per heavy atom. The van der Waals surface area contributed by atoms with Crippen molar-refractivity contribution < 1.29 is 14.4 Å². The van der Waals surface area contributed by atoms with Gasteiger partial charge in [-0.3, -0.25) is 14.4 Å². The lowest BCUT2D eigenvalue weighted by molar-refractivity contribution is -0.126. The normalized spacial score (nSPS) is 22.3. The summed E-state index contributed by atoms with van der Waals surface area (Å²) in [5.74, 6) is -1.19. The van der Waals surface area contributed by atoms with E-state index in [9.17, 15) is 9.59 Å².